The van der Waals surface area contributed by atoms with Crippen molar-refractivity contribution in [3.05, 3.63) is 52.6 Å². The first-order chi connectivity index (χ1) is 10.2. The first-order valence-corrected chi connectivity index (χ1v) is 7.30. The summed E-state index contributed by atoms with van der Waals surface area (Å²) in [7, 11) is 0. The molecule has 1 unspecified atom stereocenters. The molecular weight excluding hydrogens is 332 g/mol. The Morgan fingerprint density at radius 2 is 2.10 bits per heavy atom. The van der Waals surface area contributed by atoms with E-state index in [0.29, 0.717) is 0 Å². The topological polar surface area (TPSA) is 69.8 Å². The molecular formula is C15H11BrN4O. The van der Waals surface area contributed by atoms with Crippen LogP contribution >= 0.6 is 15.9 Å². The lowest BCUT2D eigenvalue weighted by Crippen LogP contribution is -2.19. The Hall–Kier alpha value is -2.34. The molecule has 1 aliphatic rings. The fraction of sp³-hybridized carbons (Fsp3) is 0.0667. The van der Waals surface area contributed by atoms with Crippen molar-refractivity contribution in [1.29, 1.82) is 0 Å². The molecule has 3 aromatic rings. The summed E-state index contributed by atoms with van der Waals surface area (Å²) in [5, 5.41) is 14.1. The van der Waals surface area contributed by atoms with Crippen LogP contribution in [-0.2, 0) is 4.79 Å². The molecule has 21 heavy (non-hydrogen) atoms. The molecule has 1 amide bonds. The van der Waals surface area contributed by atoms with Gasteiger partial charge in [0.05, 0.1) is 11.7 Å². The third-order valence-electron chi connectivity index (χ3n) is 3.60. The van der Waals surface area contributed by atoms with Gasteiger partial charge in [-0.2, -0.15) is 5.10 Å². The van der Waals surface area contributed by atoms with Gasteiger partial charge in [-0.05, 0) is 30.3 Å². The lowest BCUT2D eigenvalue weighted by atomic mass is 10.1. The highest BCUT2D eigenvalue weighted by Gasteiger charge is 2.30. The van der Waals surface area contributed by atoms with Gasteiger partial charge < -0.3 is 10.6 Å². The maximum Gasteiger partial charge on any atom is 0.251 e. The summed E-state index contributed by atoms with van der Waals surface area (Å²) in [6.45, 7) is 0. The van der Waals surface area contributed by atoms with Gasteiger partial charge in [-0.25, -0.2) is 0 Å². The van der Waals surface area contributed by atoms with Crippen molar-refractivity contribution in [2.24, 2.45) is 0 Å². The van der Waals surface area contributed by atoms with Crippen molar-refractivity contribution in [2.75, 3.05) is 10.6 Å². The fourth-order valence-corrected chi connectivity index (χ4v) is 2.94. The summed E-state index contributed by atoms with van der Waals surface area (Å²) < 4.78 is 0.946. The Balaban J connectivity index is 1.69. The number of halogens is 1. The molecule has 0 spiro atoms. The van der Waals surface area contributed by atoms with Crippen molar-refractivity contribution in [3.8, 4) is 0 Å². The van der Waals surface area contributed by atoms with Crippen molar-refractivity contribution >= 4 is 44.1 Å². The normalized spacial score (nSPS) is 16.8. The second kappa shape index (κ2) is 4.60. The second-order valence-corrected chi connectivity index (χ2v) is 5.89. The third kappa shape index (κ3) is 2.08. The lowest BCUT2D eigenvalue weighted by molar-refractivity contribution is -0.116. The summed E-state index contributed by atoms with van der Waals surface area (Å²) in [6.07, 6.45) is 1.76. The summed E-state index contributed by atoms with van der Waals surface area (Å²) >= 11 is 3.41. The van der Waals surface area contributed by atoms with E-state index in [-0.39, 0.29) is 11.9 Å². The number of rotatable bonds is 2. The molecule has 5 nitrogen and oxygen atoms in total. The van der Waals surface area contributed by atoms with Gasteiger partial charge in [0.25, 0.3) is 5.91 Å². The molecule has 6 heteroatoms. The highest BCUT2D eigenvalue weighted by molar-refractivity contribution is 9.10. The molecule has 4 rings (SSSR count). The molecule has 104 valence electrons. The minimum absolute atomic E-state index is 0.0459. The van der Waals surface area contributed by atoms with Gasteiger partial charge in [-0.1, -0.05) is 22.0 Å². The second-order valence-electron chi connectivity index (χ2n) is 4.97. The fourth-order valence-electron chi connectivity index (χ4n) is 2.58. The van der Waals surface area contributed by atoms with Gasteiger partial charge in [-0.3, -0.25) is 9.89 Å². The van der Waals surface area contributed by atoms with Gasteiger partial charge in [0.1, 0.15) is 6.04 Å². The Morgan fingerprint density at radius 1 is 1.19 bits per heavy atom. The van der Waals surface area contributed by atoms with Crippen LogP contribution in [0, 0.1) is 0 Å². The van der Waals surface area contributed by atoms with Crippen LogP contribution in [0.5, 0.6) is 0 Å². The number of nitrogens with one attached hydrogen (secondary N) is 3. The molecule has 0 saturated carbocycles. The number of hydrogen-bond acceptors (Lipinski definition) is 3. The predicted octanol–water partition coefficient (Wildman–Crippen LogP) is 3.43. The van der Waals surface area contributed by atoms with E-state index in [1.165, 1.54) is 0 Å². The van der Waals surface area contributed by atoms with Crippen LogP contribution in [0.2, 0.25) is 0 Å². The van der Waals surface area contributed by atoms with Crippen molar-refractivity contribution in [1.82, 2.24) is 10.2 Å². The van der Waals surface area contributed by atoms with E-state index in [1.807, 2.05) is 36.4 Å². The van der Waals surface area contributed by atoms with Gasteiger partial charge in [0.15, 0.2) is 0 Å². The van der Waals surface area contributed by atoms with Gasteiger partial charge in [0.2, 0.25) is 0 Å². The Labute approximate surface area is 128 Å². The number of nitrogens with zero attached hydrogens (tertiary/aromatic N) is 1. The van der Waals surface area contributed by atoms with E-state index in [0.717, 1.165) is 32.3 Å². The van der Waals surface area contributed by atoms with Crippen molar-refractivity contribution < 1.29 is 4.79 Å². The molecule has 0 saturated heterocycles. The summed E-state index contributed by atoms with van der Waals surface area (Å²) in [5.74, 6) is -0.0459. The minimum atomic E-state index is -0.377. The summed E-state index contributed by atoms with van der Waals surface area (Å²) in [4.78, 5) is 12.2. The molecule has 0 radical (unpaired) electrons. The van der Waals surface area contributed by atoms with E-state index < -0.39 is 0 Å². The molecule has 1 aliphatic heterocycles. The van der Waals surface area contributed by atoms with Gasteiger partial charge >= 0.3 is 0 Å². The average molecular weight is 343 g/mol. The Morgan fingerprint density at radius 3 is 3.00 bits per heavy atom. The van der Waals surface area contributed by atoms with Crippen LogP contribution in [0.25, 0.3) is 10.9 Å². The van der Waals surface area contributed by atoms with E-state index in [1.54, 1.807) is 6.20 Å². The lowest BCUT2D eigenvalue weighted by Gasteiger charge is -2.13. The number of aromatic amines is 1. The molecule has 0 bridgehead atoms. The maximum absolute atomic E-state index is 12.2. The molecule has 1 atom stereocenters. The third-order valence-corrected chi connectivity index (χ3v) is 4.09. The van der Waals surface area contributed by atoms with Gasteiger partial charge in [-0.15, -0.1) is 0 Å². The minimum Gasteiger partial charge on any atom is -0.370 e. The zero-order valence-electron chi connectivity index (χ0n) is 10.9. The highest BCUT2D eigenvalue weighted by atomic mass is 79.9. The summed E-state index contributed by atoms with van der Waals surface area (Å²) in [6, 6.07) is 11.3. The average Bonchev–Trinajstić information content (AvgIpc) is 3.03. The summed E-state index contributed by atoms with van der Waals surface area (Å²) in [5.41, 5.74) is 3.66. The number of carbonyl (C=O) groups excluding carboxylic acids is 1. The number of anilines is 2. The first-order valence-electron chi connectivity index (χ1n) is 6.51. The molecule has 0 fully saturated rings. The largest absolute Gasteiger partial charge is 0.370 e. The molecule has 0 aliphatic carbocycles. The van der Waals surface area contributed by atoms with Crippen LogP contribution in [0.15, 0.2) is 47.1 Å². The molecule has 2 heterocycles. The van der Waals surface area contributed by atoms with E-state index in [2.05, 4.69) is 36.8 Å². The van der Waals surface area contributed by atoms with Crippen molar-refractivity contribution in [2.45, 2.75) is 6.04 Å². The highest BCUT2D eigenvalue weighted by Crippen LogP contribution is 2.35. The molecule has 3 N–H and O–H groups in total. The SMILES string of the molecule is O=C1Nc2cc(Br)ccc2C1Nc1ccc2[nH]ncc2c1. The Kier molecular flexibility index (Phi) is 2.71. The first kappa shape index (κ1) is 12.4. The van der Waals surface area contributed by atoms with E-state index in [4.69, 9.17) is 0 Å². The van der Waals surface area contributed by atoms with Crippen LogP contribution in [0.3, 0.4) is 0 Å². The number of amides is 1. The smallest absolute Gasteiger partial charge is 0.251 e. The van der Waals surface area contributed by atoms with Crippen LogP contribution < -0.4 is 10.6 Å². The monoisotopic (exact) mass is 342 g/mol. The standard InChI is InChI=1S/C15H11BrN4O/c16-9-1-3-11-13(6-9)19-15(21)14(11)18-10-2-4-12-8(5-10)7-17-20-12/h1-7,14,18H,(H,17,20)(H,19,21). The number of fused-ring (bicyclic) bond motifs is 2. The zero-order valence-corrected chi connectivity index (χ0v) is 12.4. The quantitative estimate of drug-likeness (QED) is 0.668. The van der Waals surface area contributed by atoms with Crippen LogP contribution in [0.1, 0.15) is 11.6 Å². The maximum atomic E-state index is 12.2. The van der Waals surface area contributed by atoms with Crippen molar-refractivity contribution in [3.63, 3.8) is 0 Å². The van der Waals surface area contributed by atoms with Crippen LogP contribution in [-0.4, -0.2) is 16.1 Å². The number of aromatic nitrogens is 2. The number of carbonyl (C=O) groups is 1. The Bertz CT molecular complexity index is 858. The molecule has 2 aromatic carbocycles. The van der Waals surface area contributed by atoms with Crippen LogP contribution in [0.4, 0.5) is 11.4 Å². The van der Waals surface area contributed by atoms with Gasteiger partial charge in [0, 0.05) is 26.8 Å². The zero-order chi connectivity index (χ0) is 14.4. The number of benzene rings is 2. The number of H-pyrrole nitrogens is 1. The van der Waals surface area contributed by atoms with E-state index >= 15 is 0 Å². The predicted molar refractivity (Wildman–Crippen MR) is 85.2 cm³/mol. The molecule has 1 aromatic heterocycles. The van der Waals surface area contributed by atoms with E-state index in [9.17, 15) is 4.79 Å². The number of hydrogen-bond donors (Lipinski definition) is 3.